The number of likely N-dealkylation sites (tertiary alicyclic amines) is 1. The van der Waals surface area contributed by atoms with Gasteiger partial charge >= 0.3 is 6.09 Å². The van der Waals surface area contributed by atoms with Crippen molar-refractivity contribution in [3.05, 3.63) is 83.1 Å². The number of ether oxygens (including phenoxy) is 1. The smallest absolute Gasteiger partial charge is 0.411 e. The number of aromatic hydroxyl groups is 1. The van der Waals surface area contributed by atoms with E-state index >= 15 is 0 Å². The van der Waals surface area contributed by atoms with E-state index < -0.39 is 5.82 Å². The maximum atomic E-state index is 13.5. The quantitative estimate of drug-likeness (QED) is 0.154. The molecule has 1 heterocycles. The number of unbranched alkanes of at least 4 members (excludes halogenated alkanes) is 6. The number of phenols is 1. The number of nitrogens with zero attached hydrogens (tertiary/aromatic N) is 1. The summed E-state index contributed by atoms with van der Waals surface area (Å²) in [6, 6.07) is 20.4. The van der Waals surface area contributed by atoms with Gasteiger partial charge in [0.15, 0.2) is 0 Å². The largest absolute Gasteiger partial charge is 0.508 e. The maximum Gasteiger partial charge on any atom is 0.411 e. The van der Waals surface area contributed by atoms with Crippen LogP contribution in [0.15, 0.2) is 66.7 Å². The molecule has 0 radical (unpaired) electrons. The number of hydrogen-bond donors (Lipinski definition) is 3. The molecule has 3 aromatic carbocycles. The number of nitrogens with one attached hydrogen (secondary N) is 2. The highest BCUT2D eigenvalue weighted by atomic mass is 35.5. The van der Waals surface area contributed by atoms with E-state index in [2.05, 4.69) is 15.5 Å². The maximum absolute atomic E-state index is 13.5. The van der Waals surface area contributed by atoms with Crippen molar-refractivity contribution in [2.45, 2.75) is 70.4 Å². The Morgan fingerprint density at radius 1 is 0.929 bits per heavy atom. The average Bonchev–Trinajstić information content (AvgIpc) is 3.00. The lowest BCUT2D eigenvalue weighted by Gasteiger charge is -2.31. The number of amides is 1. The fourth-order valence-corrected chi connectivity index (χ4v) is 5.57. The van der Waals surface area contributed by atoms with Gasteiger partial charge in [0.1, 0.15) is 17.7 Å². The average molecular weight is 596 g/mol. The number of anilines is 1. The summed E-state index contributed by atoms with van der Waals surface area (Å²) in [4.78, 5) is 15.1. The predicted octanol–water partition coefficient (Wildman–Crippen LogP) is 8.39. The van der Waals surface area contributed by atoms with Crippen molar-refractivity contribution in [3.8, 4) is 16.9 Å². The van der Waals surface area contributed by atoms with E-state index in [-0.39, 0.29) is 23.0 Å². The molecule has 0 atom stereocenters. The van der Waals surface area contributed by atoms with Gasteiger partial charge in [0.05, 0.1) is 10.7 Å². The van der Waals surface area contributed by atoms with Crippen LogP contribution in [0.2, 0.25) is 5.02 Å². The van der Waals surface area contributed by atoms with Gasteiger partial charge in [-0.2, -0.15) is 0 Å². The molecule has 0 bridgehead atoms. The number of hydrogen-bond acceptors (Lipinski definition) is 5. The molecule has 0 spiro atoms. The van der Waals surface area contributed by atoms with Crippen LogP contribution < -0.4 is 10.6 Å². The fourth-order valence-electron chi connectivity index (χ4n) is 5.41. The van der Waals surface area contributed by atoms with Gasteiger partial charge in [-0.15, -0.1) is 0 Å². The minimum atomic E-state index is -0.508. The number of halogens is 2. The molecular weight excluding hydrogens is 553 g/mol. The molecule has 1 fully saturated rings. The third-order valence-corrected chi connectivity index (χ3v) is 8.11. The molecule has 1 amide bonds. The lowest BCUT2D eigenvalue weighted by atomic mass is 10.0. The molecule has 0 aromatic heterocycles. The van der Waals surface area contributed by atoms with Crippen molar-refractivity contribution in [2.75, 3.05) is 31.5 Å². The Hall–Kier alpha value is -3.13. The zero-order chi connectivity index (χ0) is 29.6. The van der Waals surface area contributed by atoms with Crippen LogP contribution in [0.1, 0.15) is 63.4 Å². The normalized spacial score (nSPS) is 14.1. The fraction of sp³-hybridized carbons (Fsp3) is 0.441. The van der Waals surface area contributed by atoms with E-state index in [1.165, 1.54) is 44.2 Å². The highest BCUT2D eigenvalue weighted by Gasteiger charge is 2.22. The van der Waals surface area contributed by atoms with Crippen LogP contribution in [0.4, 0.5) is 14.9 Å². The third-order valence-electron chi connectivity index (χ3n) is 7.82. The Labute approximate surface area is 254 Å². The molecule has 0 unspecified atom stereocenters. The second kappa shape index (κ2) is 17.1. The number of carbonyl (C=O) groups is 1. The van der Waals surface area contributed by atoms with Crippen LogP contribution in [0.3, 0.4) is 0 Å². The van der Waals surface area contributed by atoms with Gasteiger partial charge in [0.2, 0.25) is 0 Å². The Morgan fingerprint density at radius 3 is 2.36 bits per heavy atom. The summed E-state index contributed by atoms with van der Waals surface area (Å²) in [5.41, 5.74) is 3.33. The monoisotopic (exact) mass is 595 g/mol. The number of rotatable bonds is 15. The van der Waals surface area contributed by atoms with Gasteiger partial charge in [-0.25, -0.2) is 9.18 Å². The first-order chi connectivity index (χ1) is 20.5. The molecule has 8 heteroatoms. The van der Waals surface area contributed by atoms with Crippen molar-refractivity contribution in [2.24, 2.45) is 0 Å². The van der Waals surface area contributed by atoms with Crippen LogP contribution in [-0.4, -0.2) is 48.4 Å². The Balaban J connectivity index is 1.00. The third kappa shape index (κ3) is 10.3. The molecule has 6 nitrogen and oxygen atoms in total. The molecule has 3 N–H and O–H groups in total. The Morgan fingerprint density at radius 2 is 1.60 bits per heavy atom. The molecule has 0 saturated carbocycles. The molecule has 1 saturated heterocycles. The van der Waals surface area contributed by atoms with Crippen LogP contribution in [0.5, 0.6) is 5.75 Å². The lowest BCUT2D eigenvalue weighted by Crippen LogP contribution is -2.38. The molecule has 226 valence electrons. The summed E-state index contributed by atoms with van der Waals surface area (Å²) in [6.45, 7) is 4.30. The lowest BCUT2D eigenvalue weighted by molar-refractivity contribution is 0.0585. The Kier molecular flexibility index (Phi) is 12.9. The number of carbonyl (C=O) groups excluding carboxylic acids is 1. The van der Waals surface area contributed by atoms with Gasteiger partial charge < -0.3 is 20.1 Å². The molecule has 1 aliphatic rings. The zero-order valence-corrected chi connectivity index (χ0v) is 25.1. The van der Waals surface area contributed by atoms with E-state index in [0.29, 0.717) is 12.1 Å². The van der Waals surface area contributed by atoms with Crippen molar-refractivity contribution in [1.82, 2.24) is 10.2 Å². The molecule has 4 rings (SSSR count). The predicted molar refractivity (Wildman–Crippen MR) is 169 cm³/mol. The van der Waals surface area contributed by atoms with E-state index in [1.54, 1.807) is 0 Å². The van der Waals surface area contributed by atoms with E-state index in [4.69, 9.17) is 16.3 Å². The first-order valence-electron chi connectivity index (χ1n) is 15.2. The SMILES string of the molecule is O=C(Nc1ccccc1-c1ccccc1)OC1CCN(CCCCCCCCCNCc2cc(F)c(Cl)cc2O)CC1. The Bertz CT molecular complexity index is 1250. The van der Waals surface area contributed by atoms with Crippen molar-refractivity contribution < 1.29 is 19.0 Å². The first kappa shape index (κ1) is 31.8. The van der Waals surface area contributed by atoms with Gasteiger partial charge in [-0.1, -0.05) is 92.2 Å². The summed E-state index contributed by atoms with van der Waals surface area (Å²) < 4.78 is 19.3. The number of phenolic OH excluding ortho intramolecular Hbond substituents is 1. The van der Waals surface area contributed by atoms with Gasteiger partial charge in [-0.3, -0.25) is 5.32 Å². The van der Waals surface area contributed by atoms with Crippen LogP contribution in [0, 0.1) is 5.82 Å². The van der Waals surface area contributed by atoms with Gasteiger partial charge in [0, 0.05) is 36.8 Å². The van der Waals surface area contributed by atoms with E-state index in [9.17, 15) is 14.3 Å². The van der Waals surface area contributed by atoms with Crippen LogP contribution in [-0.2, 0) is 11.3 Å². The zero-order valence-electron chi connectivity index (χ0n) is 24.3. The highest BCUT2D eigenvalue weighted by Crippen LogP contribution is 2.28. The minimum Gasteiger partial charge on any atom is -0.508 e. The first-order valence-corrected chi connectivity index (χ1v) is 15.6. The molecule has 42 heavy (non-hydrogen) atoms. The standard InChI is InChI=1S/C34H43ClFN3O3/c35-30-24-33(40)27(23-31(30)36)25-37-19-11-4-2-1-3-5-12-20-39-21-17-28(18-22-39)42-34(41)38-32-16-10-9-15-29(32)26-13-7-6-8-14-26/h6-10,13-16,23-24,28,37,40H,1-5,11-12,17-22,25H2,(H,38,41). The molecular formula is C34H43ClFN3O3. The van der Waals surface area contributed by atoms with Crippen LogP contribution in [0.25, 0.3) is 11.1 Å². The molecule has 3 aromatic rings. The second-order valence-corrected chi connectivity index (χ2v) is 11.4. The number of benzene rings is 3. The topological polar surface area (TPSA) is 73.8 Å². The summed E-state index contributed by atoms with van der Waals surface area (Å²) >= 11 is 5.67. The van der Waals surface area contributed by atoms with E-state index in [1.807, 2.05) is 54.6 Å². The summed E-state index contributed by atoms with van der Waals surface area (Å²) in [5.74, 6) is -0.484. The molecule has 1 aliphatic heterocycles. The van der Waals surface area contributed by atoms with Crippen molar-refractivity contribution >= 4 is 23.4 Å². The number of piperidine rings is 1. The van der Waals surface area contributed by atoms with Gasteiger partial charge in [0.25, 0.3) is 0 Å². The summed E-state index contributed by atoms with van der Waals surface area (Å²) in [5, 5.41) is 16.0. The second-order valence-electron chi connectivity index (χ2n) is 11.0. The van der Waals surface area contributed by atoms with Crippen molar-refractivity contribution in [1.29, 1.82) is 0 Å². The minimum absolute atomic E-state index is 0.0238. The van der Waals surface area contributed by atoms with Gasteiger partial charge in [-0.05, 0) is 56.5 Å². The summed E-state index contributed by atoms with van der Waals surface area (Å²) in [7, 11) is 0. The van der Waals surface area contributed by atoms with E-state index in [0.717, 1.165) is 68.7 Å². The molecule has 0 aliphatic carbocycles. The highest BCUT2D eigenvalue weighted by molar-refractivity contribution is 6.30. The number of para-hydroxylation sites is 1. The summed E-state index contributed by atoms with van der Waals surface area (Å²) in [6.07, 6.45) is 9.66. The van der Waals surface area contributed by atoms with Crippen LogP contribution >= 0.6 is 11.6 Å². The van der Waals surface area contributed by atoms with Crippen molar-refractivity contribution in [3.63, 3.8) is 0 Å².